The van der Waals surface area contributed by atoms with E-state index in [1.165, 1.54) is 156 Å². The molecule has 0 radical (unpaired) electrons. The molecule has 15 rings (SSSR count). The van der Waals surface area contributed by atoms with Crippen LogP contribution < -0.4 is 26.2 Å². The van der Waals surface area contributed by atoms with Crippen LogP contribution in [-0.2, 0) is 32.5 Å². The van der Waals surface area contributed by atoms with Crippen LogP contribution in [0, 0.1) is 6.92 Å². The molecule has 2 aliphatic heterocycles. The van der Waals surface area contributed by atoms with Crippen molar-refractivity contribution in [3.05, 3.63) is 231 Å². The third-order valence-corrected chi connectivity index (χ3v) is 21.9. The van der Waals surface area contributed by atoms with Crippen LogP contribution in [0.1, 0.15) is 157 Å². The zero-order chi connectivity index (χ0) is 54.7. The third-order valence-electron chi connectivity index (χ3n) is 20.7. The minimum absolute atomic E-state index is 0.0649. The number of fused-ring (bicyclic) bond motifs is 12. The van der Waals surface area contributed by atoms with Gasteiger partial charge >= 0.3 is 0 Å². The van der Waals surface area contributed by atoms with Crippen LogP contribution in [0.3, 0.4) is 0 Å². The summed E-state index contributed by atoms with van der Waals surface area (Å²) in [5.41, 5.74) is 28.9. The van der Waals surface area contributed by atoms with Gasteiger partial charge < -0.3 is 9.80 Å². The summed E-state index contributed by atoms with van der Waals surface area (Å²) >= 11 is 1.98. The first-order valence-electron chi connectivity index (χ1n) is 29.1. The number of para-hydroxylation sites is 1. The maximum atomic E-state index is 2.71. The predicted octanol–water partition coefficient (Wildman–Crippen LogP) is 18.4. The number of anilines is 6. The second kappa shape index (κ2) is 16.0. The van der Waals surface area contributed by atoms with Crippen molar-refractivity contribution in [3.63, 3.8) is 0 Å². The van der Waals surface area contributed by atoms with Crippen LogP contribution in [0.5, 0.6) is 0 Å². The second-order valence-corrected chi connectivity index (χ2v) is 28.7. The Bertz CT molecular complexity index is 4290. The van der Waals surface area contributed by atoms with E-state index >= 15 is 0 Å². The third kappa shape index (κ3) is 6.59. The number of hydrogen-bond donors (Lipinski definition) is 0. The van der Waals surface area contributed by atoms with E-state index in [-0.39, 0.29) is 39.2 Å². The zero-order valence-corrected chi connectivity index (χ0v) is 49.3. The fourth-order valence-electron chi connectivity index (χ4n) is 16.0. The van der Waals surface area contributed by atoms with Gasteiger partial charge in [0.2, 0.25) is 0 Å². The van der Waals surface area contributed by atoms with Crippen molar-refractivity contribution < 1.29 is 0 Å². The van der Waals surface area contributed by atoms with Crippen molar-refractivity contribution in [2.75, 3.05) is 9.80 Å². The van der Waals surface area contributed by atoms with E-state index in [2.05, 4.69) is 270 Å². The Balaban J connectivity index is 1.09. The van der Waals surface area contributed by atoms with E-state index in [9.17, 15) is 0 Å². The molecule has 0 N–H and O–H groups in total. The van der Waals surface area contributed by atoms with E-state index in [1.54, 1.807) is 0 Å². The van der Waals surface area contributed by atoms with Gasteiger partial charge in [-0.2, -0.15) is 0 Å². The molecule has 2 nitrogen and oxygen atoms in total. The van der Waals surface area contributed by atoms with E-state index in [1.807, 2.05) is 11.3 Å². The second-order valence-electron chi connectivity index (χ2n) is 27.6. The molecule has 0 unspecified atom stereocenters. The molecule has 0 saturated carbocycles. The van der Waals surface area contributed by atoms with Gasteiger partial charge in [0.25, 0.3) is 6.71 Å². The molecule has 3 aliphatic carbocycles. The van der Waals surface area contributed by atoms with Crippen molar-refractivity contribution in [1.29, 1.82) is 0 Å². The normalized spacial score (nSPS) is 18.6. The van der Waals surface area contributed by atoms with Crippen molar-refractivity contribution in [2.24, 2.45) is 0 Å². The quantitative estimate of drug-likeness (QED) is 0.163. The number of nitrogens with zero attached hydrogens (tertiary/aromatic N) is 2. The predicted molar refractivity (Wildman–Crippen MR) is 340 cm³/mol. The van der Waals surface area contributed by atoms with Gasteiger partial charge in [0.15, 0.2) is 0 Å². The Hall–Kier alpha value is -7.14. The smallest absolute Gasteiger partial charge is 0.252 e. The fraction of sp³-hybridized carbons (Fsp3) is 0.280. The lowest BCUT2D eigenvalue weighted by atomic mass is 9.33. The number of aryl methyl sites for hydroxylation is 1. The van der Waals surface area contributed by atoms with Crippen LogP contribution in [0.25, 0.3) is 31.3 Å². The highest BCUT2D eigenvalue weighted by Gasteiger charge is 2.50. The maximum Gasteiger partial charge on any atom is 0.252 e. The molecule has 0 spiro atoms. The van der Waals surface area contributed by atoms with Gasteiger partial charge in [0.1, 0.15) is 0 Å². The molecule has 4 heteroatoms. The first-order valence-corrected chi connectivity index (χ1v) is 29.9. The van der Waals surface area contributed by atoms with Crippen LogP contribution >= 0.6 is 11.3 Å². The fourth-order valence-corrected chi connectivity index (χ4v) is 17.2. The van der Waals surface area contributed by atoms with Crippen molar-refractivity contribution in [3.8, 4) is 11.1 Å². The first kappa shape index (κ1) is 48.9. The first-order chi connectivity index (χ1) is 37.6. The minimum Gasteiger partial charge on any atom is -0.311 e. The molecule has 0 saturated heterocycles. The summed E-state index contributed by atoms with van der Waals surface area (Å²) in [6, 6.07) is 67.1. The molecule has 1 aromatic heterocycles. The Kier molecular flexibility index (Phi) is 9.94. The average Bonchev–Trinajstić information content (AvgIpc) is 3.49. The van der Waals surface area contributed by atoms with E-state index in [0.717, 1.165) is 0 Å². The molecule has 0 amide bonds. The summed E-state index contributed by atoms with van der Waals surface area (Å²) in [4.78, 5) is 5.37. The summed E-state index contributed by atoms with van der Waals surface area (Å²) in [5, 5.41) is 2.76. The van der Waals surface area contributed by atoms with E-state index < -0.39 is 0 Å². The molecule has 0 fully saturated rings. The Morgan fingerprint density at radius 3 is 1.44 bits per heavy atom. The van der Waals surface area contributed by atoms with Gasteiger partial charge in [-0.1, -0.05) is 198 Å². The number of hydrogen-bond acceptors (Lipinski definition) is 3. The van der Waals surface area contributed by atoms with Crippen LogP contribution in [0.2, 0.25) is 0 Å². The molecular formula is C75H71BN2S. The molecule has 3 heterocycles. The molecule has 0 bridgehead atoms. The Labute approximate surface area is 473 Å². The van der Waals surface area contributed by atoms with Gasteiger partial charge in [-0.3, -0.25) is 0 Å². The SMILES string of the molecule is Cc1ccccc1N1c2cc3sc4cc5c(cc4c3cc2B2c3cc4c(cc3N(c3ccc6c(c3)C(C)(C)c3ccccc3C6(C)C)c3cc(-c6ccccc6)cc1c32)C(C)(C)c1ccccc1C4(C)C)C(C)(C)CCC5(C)C. The summed E-state index contributed by atoms with van der Waals surface area (Å²) in [6.07, 6.45) is 2.39. The van der Waals surface area contributed by atoms with Crippen molar-refractivity contribution in [2.45, 2.75) is 135 Å². The molecular weight excluding hydrogens is 972 g/mol. The monoisotopic (exact) mass is 1040 g/mol. The van der Waals surface area contributed by atoms with Gasteiger partial charge in [-0.25, -0.2) is 0 Å². The zero-order valence-electron chi connectivity index (χ0n) is 48.5. The van der Waals surface area contributed by atoms with E-state index in [0.29, 0.717) is 0 Å². The topological polar surface area (TPSA) is 6.48 Å². The van der Waals surface area contributed by atoms with E-state index in [4.69, 9.17) is 0 Å². The largest absolute Gasteiger partial charge is 0.311 e. The highest BCUT2D eigenvalue weighted by Crippen LogP contribution is 2.57. The highest BCUT2D eigenvalue weighted by atomic mass is 32.1. The number of benzene rings is 9. The molecule has 390 valence electrons. The molecule has 5 aliphatic rings. The lowest BCUT2D eigenvalue weighted by Gasteiger charge is -2.48. The number of rotatable bonds is 3. The minimum atomic E-state index is -0.250. The lowest BCUT2D eigenvalue weighted by Crippen LogP contribution is -2.62. The lowest BCUT2D eigenvalue weighted by molar-refractivity contribution is 0.332. The molecule has 0 atom stereocenters. The highest BCUT2D eigenvalue weighted by molar-refractivity contribution is 7.26. The van der Waals surface area contributed by atoms with Crippen LogP contribution in [-0.4, -0.2) is 6.71 Å². The molecule has 9 aromatic carbocycles. The summed E-state index contributed by atoms with van der Waals surface area (Å²) < 4.78 is 2.74. The number of thiophene rings is 1. The van der Waals surface area contributed by atoms with Crippen LogP contribution in [0.4, 0.5) is 34.1 Å². The summed E-state index contributed by atoms with van der Waals surface area (Å²) in [6.45, 7) is 31.7. The van der Waals surface area contributed by atoms with Gasteiger partial charge in [0.05, 0.1) is 0 Å². The molecule has 79 heavy (non-hydrogen) atoms. The van der Waals surface area contributed by atoms with Crippen LogP contribution in [0.15, 0.2) is 170 Å². The molecule has 10 aromatic rings. The van der Waals surface area contributed by atoms with Gasteiger partial charge in [-0.05, 0) is 179 Å². The van der Waals surface area contributed by atoms with Crippen molar-refractivity contribution in [1.82, 2.24) is 0 Å². The van der Waals surface area contributed by atoms with Gasteiger partial charge in [0, 0.05) is 70.6 Å². The summed E-state index contributed by atoms with van der Waals surface area (Å²) in [5.74, 6) is 0. The standard InChI is InChI=1S/C75H71BN2S/c1-44-23-17-22-30-62(44)78-64-43-68-49(48-38-55-56(42-67(48)79-68)71(4,5)34-33-70(55,2)3)39-60(64)76-61-40-58-59(75(12,13)53-29-21-20-28-52(53)74(58,10)11)41-63(61)77(65-35-46(36-66(78)69(65)76)45-24-15-14-16-25-45)47-31-32-54-57(37-47)73(8,9)51-27-19-18-26-50(51)72(54,6)7/h14-32,35-43H,33-34H2,1-13H3. The maximum absolute atomic E-state index is 2.71. The Morgan fingerprint density at radius 2 is 0.823 bits per heavy atom. The Morgan fingerprint density at radius 1 is 0.354 bits per heavy atom. The summed E-state index contributed by atoms with van der Waals surface area (Å²) in [7, 11) is 0. The average molecular weight is 1040 g/mol. The van der Waals surface area contributed by atoms with Crippen molar-refractivity contribution >= 4 is 88.7 Å². The van der Waals surface area contributed by atoms with Gasteiger partial charge in [-0.15, -0.1) is 11.3 Å².